The van der Waals surface area contributed by atoms with Crippen LogP contribution in [0.3, 0.4) is 0 Å². The zero-order valence-electron chi connectivity index (χ0n) is 17.4. The van der Waals surface area contributed by atoms with Gasteiger partial charge < -0.3 is 0 Å². The van der Waals surface area contributed by atoms with Gasteiger partial charge in [-0.25, -0.2) is 0 Å². The summed E-state index contributed by atoms with van der Waals surface area (Å²) in [6.07, 6.45) is 0. The number of allylic oxidation sites excluding steroid dienone is 2. The van der Waals surface area contributed by atoms with Crippen molar-refractivity contribution in [1.29, 1.82) is 0 Å². The molecule has 0 saturated carbocycles. The van der Waals surface area contributed by atoms with E-state index in [1.54, 1.807) is 0 Å². The van der Waals surface area contributed by atoms with E-state index >= 15 is 0 Å². The van der Waals surface area contributed by atoms with E-state index < -0.39 is 8.07 Å². The number of hydrogen-bond donors (Lipinski definition) is 0. The van der Waals surface area contributed by atoms with Gasteiger partial charge in [0.1, 0.15) is 0 Å². The highest BCUT2D eigenvalue weighted by atomic mass is 28.3. The Hall–Kier alpha value is -2.58. The Morgan fingerprint density at radius 3 is 1.43 bits per heavy atom. The molecule has 0 saturated heterocycles. The minimum absolute atomic E-state index is 0.184. The van der Waals surface area contributed by atoms with E-state index in [1.165, 1.54) is 32.7 Å². The summed E-state index contributed by atoms with van der Waals surface area (Å²) in [6.45, 7) is 14.0. The van der Waals surface area contributed by atoms with Crippen molar-refractivity contribution in [3.63, 3.8) is 0 Å². The summed E-state index contributed by atoms with van der Waals surface area (Å²) in [5.41, 5.74) is 6.54. The minimum Gasteiger partial charge on any atom is -0.0962 e. The molecule has 140 valence electrons. The van der Waals surface area contributed by atoms with Crippen LogP contribution in [0.15, 0.2) is 108 Å². The van der Waals surface area contributed by atoms with Crippen LogP contribution in [0.2, 0.25) is 19.6 Å². The minimum atomic E-state index is -1.64. The van der Waals surface area contributed by atoms with Gasteiger partial charge in [0.25, 0.3) is 0 Å². The van der Waals surface area contributed by atoms with Crippen molar-refractivity contribution in [2.75, 3.05) is 0 Å². The molecule has 0 nitrogen and oxygen atoms in total. The summed E-state index contributed by atoms with van der Waals surface area (Å²) >= 11 is 0. The highest BCUT2D eigenvalue weighted by Gasteiger charge is 2.32. The molecule has 3 rings (SSSR count). The van der Waals surface area contributed by atoms with Crippen molar-refractivity contribution in [3.8, 4) is 0 Å². The van der Waals surface area contributed by atoms with Gasteiger partial charge in [-0.1, -0.05) is 144 Å². The smallest absolute Gasteiger partial charge is 0.0962 e. The van der Waals surface area contributed by atoms with Crippen LogP contribution in [0.25, 0.3) is 5.47 Å². The average Bonchev–Trinajstić information content (AvgIpc) is 2.68. The van der Waals surface area contributed by atoms with Crippen molar-refractivity contribution in [3.05, 3.63) is 114 Å². The SMILES string of the molecule is C=C(C)/C(=C(/B(c1ccccc1)c1ccccc1)c1ccccc1)[Si](C)(C)C. The molecule has 0 aliphatic heterocycles. The van der Waals surface area contributed by atoms with Crippen LogP contribution in [0.4, 0.5) is 0 Å². The van der Waals surface area contributed by atoms with E-state index in [4.69, 9.17) is 0 Å². The maximum atomic E-state index is 4.41. The molecule has 0 aliphatic carbocycles. The Morgan fingerprint density at radius 1 is 0.679 bits per heavy atom. The lowest BCUT2D eigenvalue weighted by Crippen LogP contribution is -2.45. The molecule has 0 heterocycles. The number of hydrogen-bond acceptors (Lipinski definition) is 0. The molecule has 2 heteroatoms. The van der Waals surface area contributed by atoms with Crippen LogP contribution in [-0.2, 0) is 0 Å². The fraction of sp³-hybridized carbons (Fsp3) is 0.154. The molecule has 0 aromatic heterocycles. The average molecular weight is 380 g/mol. The second-order valence-corrected chi connectivity index (χ2v) is 13.4. The second-order valence-electron chi connectivity index (χ2n) is 8.44. The summed E-state index contributed by atoms with van der Waals surface area (Å²) in [5, 5.41) is 1.47. The first-order valence-corrected chi connectivity index (χ1v) is 13.5. The predicted molar refractivity (Wildman–Crippen MR) is 129 cm³/mol. The van der Waals surface area contributed by atoms with Gasteiger partial charge in [-0.15, -0.1) is 0 Å². The van der Waals surface area contributed by atoms with Crippen LogP contribution in [0, 0.1) is 0 Å². The van der Waals surface area contributed by atoms with Crippen LogP contribution in [0.1, 0.15) is 12.5 Å². The van der Waals surface area contributed by atoms with Crippen LogP contribution >= 0.6 is 0 Å². The van der Waals surface area contributed by atoms with Crippen molar-refractivity contribution < 1.29 is 0 Å². The van der Waals surface area contributed by atoms with Crippen molar-refractivity contribution in [2.24, 2.45) is 0 Å². The van der Waals surface area contributed by atoms with E-state index in [2.05, 4.69) is 124 Å². The number of rotatable bonds is 6. The lowest BCUT2D eigenvalue weighted by molar-refractivity contribution is 1.47. The quantitative estimate of drug-likeness (QED) is 0.378. The normalized spacial score (nSPS) is 12.3. The maximum absolute atomic E-state index is 4.41. The van der Waals surface area contributed by atoms with Gasteiger partial charge in [0.05, 0.1) is 8.07 Å². The predicted octanol–water partition coefficient (Wildman–Crippen LogP) is 5.74. The molecule has 0 radical (unpaired) electrons. The van der Waals surface area contributed by atoms with Gasteiger partial charge in [0.2, 0.25) is 6.71 Å². The first kappa shape index (κ1) is 20.2. The highest BCUT2D eigenvalue weighted by Crippen LogP contribution is 2.32. The Bertz CT molecular complexity index is 912. The molecule has 0 atom stereocenters. The van der Waals surface area contributed by atoms with Crippen LogP contribution in [0.5, 0.6) is 0 Å². The third-order valence-corrected chi connectivity index (χ3v) is 7.28. The van der Waals surface area contributed by atoms with Crippen LogP contribution < -0.4 is 10.9 Å². The summed E-state index contributed by atoms with van der Waals surface area (Å²) < 4.78 is 0. The molecule has 28 heavy (non-hydrogen) atoms. The largest absolute Gasteiger partial charge is 0.241 e. The van der Waals surface area contributed by atoms with E-state index in [0.29, 0.717) is 0 Å². The van der Waals surface area contributed by atoms with E-state index in [-0.39, 0.29) is 6.71 Å². The van der Waals surface area contributed by atoms with E-state index in [1.807, 2.05) is 0 Å². The zero-order chi connectivity index (χ0) is 20.1. The molecular weight excluding hydrogens is 351 g/mol. The first-order chi connectivity index (χ1) is 13.4. The Labute approximate surface area is 171 Å². The molecule has 0 aliphatic rings. The van der Waals surface area contributed by atoms with E-state index in [9.17, 15) is 0 Å². The third-order valence-electron chi connectivity index (χ3n) is 5.09. The summed E-state index contributed by atoms with van der Waals surface area (Å²) in [6, 6.07) is 32.6. The van der Waals surface area contributed by atoms with Crippen molar-refractivity contribution in [1.82, 2.24) is 0 Å². The highest BCUT2D eigenvalue weighted by molar-refractivity contribution is 7.02. The fourth-order valence-corrected chi connectivity index (χ4v) is 6.54. The standard InChI is InChI=1S/C26H29BSi/c1-21(2)26(28(3,4)5)25(22-15-9-6-10-16-22)27(23-17-11-7-12-18-23)24-19-13-8-14-20-24/h6-20H,1H2,2-5H3/b26-25-. The molecule has 0 unspecified atom stereocenters. The van der Waals surface area contributed by atoms with Gasteiger partial charge in [0.15, 0.2) is 0 Å². The summed E-state index contributed by atoms with van der Waals surface area (Å²) in [4.78, 5) is 0. The van der Waals surface area contributed by atoms with Crippen molar-refractivity contribution in [2.45, 2.75) is 26.6 Å². The van der Waals surface area contributed by atoms with Gasteiger partial charge in [-0.3, -0.25) is 0 Å². The Kier molecular flexibility index (Phi) is 6.21. The molecule has 0 N–H and O–H groups in total. The van der Waals surface area contributed by atoms with Gasteiger partial charge in [0, 0.05) is 0 Å². The lowest BCUT2D eigenvalue weighted by Gasteiger charge is -2.30. The molecule has 3 aromatic rings. The first-order valence-electron chi connectivity index (χ1n) is 9.95. The Balaban J connectivity index is 2.41. The molecule has 0 bridgehead atoms. The molecule has 0 amide bonds. The molecule has 0 spiro atoms. The fourth-order valence-electron chi connectivity index (χ4n) is 4.16. The van der Waals surface area contributed by atoms with Gasteiger partial charge >= 0.3 is 0 Å². The molecular formula is C26H29BSi. The summed E-state index contributed by atoms with van der Waals surface area (Å²) in [5.74, 6) is 0. The molecule has 0 fully saturated rings. The lowest BCUT2D eigenvalue weighted by atomic mass is 9.35. The van der Waals surface area contributed by atoms with Crippen molar-refractivity contribution >= 4 is 31.2 Å². The maximum Gasteiger partial charge on any atom is 0.241 e. The number of benzene rings is 3. The van der Waals surface area contributed by atoms with Crippen LogP contribution in [-0.4, -0.2) is 14.8 Å². The Morgan fingerprint density at radius 2 is 1.07 bits per heavy atom. The zero-order valence-corrected chi connectivity index (χ0v) is 18.4. The molecule has 3 aromatic carbocycles. The monoisotopic (exact) mass is 380 g/mol. The third kappa shape index (κ3) is 4.45. The second kappa shape index (κ2) is 8.62. The van der Waals surface area contributed by atoms with Gasteiger partial charge in [-0.2, -0.15) is 0 Å². The summed E-state index contributed by atoms with van der Waals surface area (Å²) in [7, 11) is -1.64. The van der Waals surface area contributed by atoms with E-state index in [0.717, 1.165) is 0 Å². The topological polar surface area (TPSA) is 0 Å². The van der Waals surface area contributed by atoms with Gasteiger partial charge in [-0.05, 0) is 12.5 Å².